The second kappa shape index (κ2) is 25.8. The van der Waals surface area contributed by atoms with Gasteiger partial charge in [0.25, 0.3) is 72.5 Å². The van der Waals surface area contributed by atoms with E-state index in [0.29, 0.717) is 33.8 Å². The lowest BCUT2D eigenvalue weighted by atomic mass is 9.76. The first-order valence-corrected chi connectivity index (χ1v) is 37.2. The topological polar surface area (TPSA) is 399 Å². The Balaban J connectivity index is 1.35. The normalized spacial score (nSPS) is 19.1. The maximum atomic E-state index is 16.7. The number of benzene rings is 4. The average molecular weight is 1370 g/mol. The highest BCUT2D eigenvalue weighted by molar-refractivity contribution is 7.87. The Hall–Kier alpha value is -6.63. The number of anilines is 2. The van der Waals surface area contributed by atoms with Crippen molar-refractivity contribution in [1.82, 2.24) is 5.06 Å². The van der Waals surface area contributed by atoms with Crippen LogP contribution in [0.5, 0.6) is 0 Å². The van der Waals surface area contributed by atoms with Crippen LogP contribution in [0.1, 0.15) is 95.8 Å². The summed E-state index contributed by atoms with van der Waals surface area (Å²) in [5.41, 5.74) is 1.02. The Bertz CT molecular complexity index is 4470. The fraction of sp³-hybridized carbons (Fsp3) is 0.404. The smallest absolute Gasteiger partial charge is 0.336 e. The molecular weight excluding hydrogens is 1300 g/mol. The molecule has 1 fully saturated rings. The molecule has 2 amide bonds. The molecule has 0 saturated carbocycles. The van der Waals surface area contributed by atoms with Gasteiger partial charge in [-0.25, -0.2) is 9.18 Å². The summed E-state index contributed by atoms with van der Waals surface area (Å²) in [4.78, 5) is 47.4. The van der Waals surface area contributed by atoms with Gasteiger partial charge in [-0.15, -0.1) is 5.06 Å². The van der Waals surface area contributed by atoms with Crippen molar-refractivity contribution in [3.63, 3.8) is 0 Å². The van der Waals surface area contributed by atoms with E-state index >= 15 is 4.39 Å². The van der Waals surface area contributed by atoms with Crippen molar-refractivity contribution in [3.05, 3.63) is 130 Å². The Morgan fingerprint density at radius 1 is 0.678 bits per heavy atom. The molecule has 1 atom stereocenters. The SMILES string of the molecule is CC1(C)C(=CC=C2CC(C(=O)ON3C(=O)CCC3=O)CC(C=CC3=[N+](CCCS(=O)(=O)O)c4ccc5c(S(=O)(=O)O)cc(S(=O)(=O)O)cc5c4C3(C)C)=C2c2ccccc2F)N(CCCS(=O)(=O)O)c2ccc(N(CCCS(=O)(=O)O)CCCS(=O)(=O)O)cc21. The number of allylic oxidation sites excluding steroid dienone is 8. The van der Waals surface area contributed by atoms with Gasteiger partial charge in [0.1, 0.15) is 17.3 Å². The third kappa shape index (κ3) is 16.0. The van der Waals surface area contributed by atoms with E-state index in [-0.39, 0.29) is 128 Å². The third-order valence-corrected chi connectivity index (χ3v) is 21.0. The first-order valence-electron chi connectivity index (χ1n) is 27.9. The molecule has 3 heterocycles. The first kappa shape index (κ1) is 69.3. The van der Waals surface area contributed by atoms with Crippen LogP contribution in [0.3, 0.4) is 0 Å². The summed E-state index contributed by atoms with van der Waals surface area (Å²) in [6, 6.07) is 15.0. The van der Waals surface area contributed by atoms with Gasteiger partial charge in [-0.1, -0.05) is 44.2 Å². The fourth-order valence-electron chi connectivity index (χ4n) is 12.1. The van der Waals surface area contributed by atoms with Gasteiger partial charge in [0, 0.05) is 90.0 Å². The number of hydrogen-bond acceptors (Lipinski definition) is 18. The highest BCUT2D eigenvalue weighted by Gasteiger charge is 2.47. The maximum Gasteiger partial charge on any atom is 0.336 e. The number of hydrogen-bond donors (Lipinski definition) is 6. The molecule has 488 valence electrons. The average Bonchev–Trinajstić information content (AvgIpc) is 1.52. The van der Waals surface area contributed by atoms with E-state index in [0.717, 1.165) is 6.07 Å². The van der Waals surface area contributed by atoms with Gasteiger partial charge in [0.15, 0.2) is 5.71 Å². The molecule has 1 unspecified atom stereocenters. The van der Waals surface area contributed by atoms with Gasteiger partial charge in [-0.2, -0.15) is 55.1 Å². The molecule has 1 saturated heterocycles. The van der Waals surface area contributed by atoms with E-state index in [1.165, 1.54) is 36.4 Å². The van der Waals surface area contributed by atoms with Gasteiger partial charge in [0.05, 0.1) is 39.2 Å². The number of carbonyl (C=O) groups excluding carboxylic acids is 3. The van der Waals surface area contributed by atoms with Crippen LogP contribution in [-0.2, 0) is 90.8 Å². The van der Waals surface area contributed by atoms with E-state index < -0.39 is 134 Å². The Morgan fingerprint density at radius 3 is 1.84 bits per heavy atom. The number of rotatable bonds is 25. The van der Waals surface area contributed by atoms with Crippen molar-refractivity contribution in [2.45, 2.75) is 99.7 Å². The molecule has 26 nitrogen and oxygen atoms in total. The Kier molecular flexibility index (Phi) is 19.9. The van der Waals surface area contributed by atoms with E-state index in [4.69, 9.17) is 4.84 Å². The van der Waals surface area contributed by atoms with E-state index in [1.54, 1.807) is 70.7 Å². The summed E-state index contributed by atoms with van der Waals surface area (Å²) in [6.45, 7) is 6.67. The minimum Gasteiger partial charge on any atom is -0.371 e. The van der Waals surface area contributed by atoms with Crippen LogP contribution >= 0.6 is 0 Å². The molecule has 4 aliphatic rings. The number of imide groups is 1. The molecule has 8 rings (SSSR count). The van der Waals surface area contributed by atoms with Gasteiger partial charge in [0.2, 0.25) is 5.69 Å². The molecule has 6 N–H and O–H groups in total. The molecule has 4 aromatic rings. The zero-order valence-electron chi connectivity index (χ0n) is 48.9. The van der Waals surface area contributed by atoms with Crippen LogP contribution in [0.15, 0.2) is 118 Å². The summed E-state index contributed by atoms with van der Waals surface area (Å²) in [6.07, 6.45) is 4.71. The van der Waals surface area contributed by atoms with Crippen LogP contribution in [0.2, 0.25) is 0 Å². The standard InChI is InChI=1S/C57H65FN4O22S6/c1-56(2)44-33-39(59(23-7-27-85(66,67)68)24-8-28-86(69,70)71)15-17-46(44)60(25-9-29-87(72,73)74)49(56)19-13-36-31-38(55(65)84-62-51(63)21-22-52(62)64)32-37(53(36)42-11-5-6-12-45(42)58)14-20-50-57(3,4)54-43-34-40(89(78,79)80)35-48(90(81,82)83)41(43)16-18-47(54)61(50)26-10-30-88(75,76)77/h5-6,11-20,33-35,38H,7-10,21-32H2,1-4H3,(H5-,66,67,68,69,70,71,72,73,74,75,76,77,78,79,80,81,82,83)/p+1. The second-order valence-corrected chi connectivity index (χ2v) is 32.3. The lowest BCUT2D eigenvalue weighted by Gasteiger charge is -2.30. The summed E-state index contributed by atoms with van der Waals surface area (Å²) >= 11 is 0. The maximum absolute atomic E-state index is 16.7. The summed E-state index contributed by atoms with van der Waals surface area (Å²) in [5.74, 6) is -7.34. The van der Waals surface area contributed by atoms with Crippen LogP contribution in [-0.4, -0.2) is 160 Å². The quantitative estimate of drug-likeness (QED) is 0.0237. The lowest BCUT2D eigenvalue weighted by molar-refractivity contribution is -0.437. The Labute approximate surface area is 520 Å². The number of amides is 2. The molecule has 0 spiro atoms. The largest absolute Gasteiger partial charge is 0.371 e. The van der Waals surface area contributed by atoms with Crippen molar-refractivity contribution in [3.8, 4) is 0 Å². The van der Waals surface area contributed by atoms with Crippen LogP contribution in [0.4, 0.5) is 21.5 Å². The van der Waals surface area contributed by atoms with E-state index in [2.05, 4.69) is 0 Å². The van der Waals surface area contributed by atoms with E-state index in [9.17, 15) is 92.2 Å². The summed E-state index contributed by atoms with van der Waals surface area (Å²) < 4.78 is 224. The zero-order valence-corrected chi connectivity index (χ0v) is 53.8. The molecule has 3 aliphatic heterocycles. The monoisotopic (exact) mass is 1370 g/mol. The number of hydroxylamine groups is 2. The van der Waals surface area contributed by atoms with Gasteiger partial charge >= 0.3 is 5.97 Å². The third-order valence-electron chi connectivity index (χ3n) is 16.1. The minimum absolute atomic E-state index is 0.00400. The summed E-state index contributed by atoms with van der Waals surface area (Å²) in [7, 11) is -28.2. The summed E-state index contributed by atoms with van der Waals surface area (Å²) in [5, 5.41) is 0.111. The molecule has 90 heavy (non-hydrogen) atoms. The van der Waals surface area contributed by atoms with Crippen LogP contribution in [0.25, 0.3) is 16.3 Å². The van der Waals surface area contributed by atoms with Crippen LogP contribution < -0.4 is 9.80 Å². The van der Waals surface area contributed by atoms with Gasteiger partial charge < -0.3 is 14.6 Å². The highest BCUT2D eigenvalue weighted by Crippen LogP contribution is 2.51. The molecule has 4 aromatic carbocycles. The van der Waals surface area contributed by atoms with Crippen molar-refractivity contribution in [1.29, 1.82) is 0 Å². The second-order valence-electron chi connectivity index (χ2n) is 23.2. The van der Waals surface area contributed by atoms with Gasteiger partial charge in [-0.05, 0) is 122 Å². The highest BCUT2D eigenvalue weighted by atomic mass is 32.2. The Morgan fingerprint density at radius 2 is 1.27 bits per heavy atom. The predicted molar refractivity (Wildman–Crippen MR) is 328 cm³/mol. The molecule has 0 aromatic heterocycles. The number of carbonyl (C=O) groups is 3. The number of halogens is 1. The van der Waals surface area contributed by atoms with Crippen molar-refractivity contribution < 1.29 is 106 Å². The van der Waals surface area contributed by atoms with Crippen LogP contribution in [0, 0.1) is 11.7 Å². The molecular formula is C57H66FN4O22S6+. The van der Waals surface area contributed by atoms with Gasteiger partial charge in [-0.3, -0.25) is 36.9 Å². The minimum atomic E-state index is -5.19. The molecule has 0 bridgehead atoms. The number of nitrogens with zero attached hydrogens (tertiary/aromatic N) is 4. The first-order chi connectivity index (χ1) is 41.6. The number of fused-ring (bicyclic) bond motifs is 4. The van der Waals surface area contributed by atoms with E-state index in [1.807, 2.05) is 13.8 Å². The van der Waals surface area contributed by atoms with Crippen molar-refractivity contribution in [2.75, 3.05) is 59.0 Å². The van der Waals surface area contributed by atoms with Crippen molar-refractivity contribution in [2.24, 2.45) is 5.92 Å². The lowest BCUT2D eigenvalue weighted by Crippen LogP contribution is -2.35. The van der Waals surface area contributed by atoms with Crippen molar-refractivity contribution >= 4 is 118 Å². The molecule has 33 heteroatoms. The molecule has 0 radical (unpaired) electrons. The zero-order chi connectivity index (χ0) is 66.5. The molecule has 1 aliphatic carbocycles. The fourth-order valence-corrected chi connectivity index (χ4v) is 15.4. The predicted octanol–water partition coefficient (Wildman–Crippen LogP) is 6.40.